The zero-order chi connectivity index (χ0) is 11.0. The van der Waals surface area contributed by atoms with E-state index in [0.717, 1.165) is 13.2 Å². The fourth-order valence-electron chi connectivity index (χ4n) is 0.927. The second kappa shape index (κ2) is 7.76. The maximum Gasteiger partial charge on any atom is 0.166 e. The average molecular weight is 216 g/mol. The van der Waals surface area contributed by atoms with Gasteiger partial charge in [-0.2, -0.15) is 0 Å². The number of methoxy groups -OCH3 is 1. The highest BCUT2D eigenvalue weighted by atomic mass is 32.1. The van der Waals surface area contributed by atoms with Gasteiger partial charge >= 0.3 is 0 Å². The SMILES string of the molecule is C=CC(C)NC(=S)NCC(C)COC. The standard InChI is InChI=1S/C10H20N2OS/c1-5-9(3)12-10(14)11-6-8(2)7-13-4/h5,8-9H,1,6-7H2,2-4H3,(H2,11,12,14). The van der Waals surface area contributed by atoms with E-state index in [0.29, 0.717) is 11.0 Å². The van der Waals surface area contributed by atoms with Gasteiger partial charge in [-0.25, -0.2) is 0 Å². The molecular formula is C10H20N2OS. The maximum absolute atomic E-state index is 5.09. The molecule has 0 saturated carbocycles. The highest BCUT2D eigenvalue weighted by Crippen LogP contribution is 1.92. The van der Waals surface area contributed by atoms with Crippen LogP contribution < -0.4 is 10.6 Å². The van der Waals surface area contributed by atoms with Crippen molar-refractivity contribution in [3.8, 4) is 0 Å². The second-order valence-corrected chi connectivity index (χ2v) is 3.85. The Morgan fingerprint density at radius 2 is 2.21 bits per heavy atom. The van der Waals surface area contributed by atoms with E-state index >= 15 is 0 Å². The molecule has 0 fully saturated rings. The lowest BCUT2D eigenvalue weighted by Gasteiger charge is -2.16. The average Bonchev–Trinajstić information content (AvgIpc) is 2.15. The summed E-state index contributed by atoms with van der Waals surface area (Å²) in [5.41, 5.74) is 0. The van der Waals surface area contributed by atoms with Gasteiger partial charge in [0.25, 0.3) is 0 Å². The molecule has 0 aliphatic rings. The fourth-order valence-corrected chi connectivity index (χ4v) is 1.20. The molecule has 2 N–H and O–H groups in total. The highest BCUT2D eigenvalue weighted by molar-refractivity contribution is 7.80. The van der Waals surface area contributed by atoms with Crippen LogP contribution in [0.3, 0.4) is 0 Å². The Morgan fingerprint density at radius 3 is 2.71 bits per heavy atom. The van der Waals surface area contributed by atoms with E-state index in [9.17, 15) is 0 Å². The lowest BCUT2D eigenvalue weighted by molar-refractivity contribution is 0.161. The van der Waals surface area contributed by atoms with Gasteiger partial charge in [-0.05, 0) is 25.1 Å². The summed E-state index contributed by atoms with van der Waals surface area (Å²) in [6, 6.07) is 0.202. The minimum absolute atomic E-state index is 0.202. The molecular weight excluding hydrogens is 196 g/mol. The first kappa shape index (κ1) is 13.4. The third kappa shape index (κ3) is 6.86. The normalized spacial score (nSPS) is 14.2. The van der Waals surface area contributed by atoms with Crippen molar-refractivity contribution >= 4 is 17.3 Å². The van der Waals surface area contributed by atoms with E-state index in [1.165, 1.54) is 0 Å². The van der Waals surface area contributed by atoms with Crippen LogP contribution in [0.2, 0.25) is 0 Å². The smallest absolute Gasteiger partial charge is 0.166 e. The van der Waals surface area contributed by atoms with E-state index in [1.807, 2.05) is 13.0 Å². The third-order valence-corrected chi connectivity index (χ3v) is 2.04. The number of hydrogen-bond donors (Lipinski definition) is 2. The molecule has 3 nitrogen and oxygen atoms in total. The number of thiocarbonyl (C=S) groups is 1. The Labute approximate surface area is 91.9 Å². The molecule has 4 heteroatoms. The first-order chi connectivity index (χ1) is 6.60. The minimum Gasteiger partial charge on any atom is -0.384 e. The zero-order valence-electron chi connectivity index (χ0n) is 9.17. The first-order valence-corrected chi connectivity index (χ1v) is 5.16. The summed E-state index contributed by atoms with van der Waals surface area (Å²) >= 11 is 5.09. The van der Waals surface area contributed by atoms with Gasteiger partial charge in [-0.1, -0.05) is 13.0 Å². The summed E-state index contributed by atoms with van der Waals surface area (Å²) in [7, 11) is 1.70. The maximum atomic E-state index is 5.09. The Morgan fingerprint density at radius 1 is 1.57 bits per heavy atom. The van der Waals surface area contributed by atoms with Crippen LogP contribution in [-0.2, 0) is 4.74 Å². The van der Waals surface area contributed by atoms with Gasteiger partial charge < -0.3 is 15.4 Å². The van der Waals surface area contributed by atoms with E-state index in [4.69, 9.17) is 17.0 Å². The van der Waals surface area contributed by atoms with Crippen molar-refractivity contribution in [2.24, 2.45) is 5.92 Å². The van der Waals surface area contributed by atoms with E-state index < -0.39 is 0 Å². The van der Waals surface area contributed by atoms with Gasteiger partial charge in [0, 0.05) is 19.7 Å². The molecule has 0 aliphatic heterocycles. The molecule has 0 saturated heterocycles. The largest absolute Gasteiger partial charge is 0.384 e. The summed E-state index contributed by atoms with van der Waals surface area (Å²) < 4.78 is 5.02. The van der Waals surface area contributed by atoms with Crippen LogP contribution in [0.15, 0.2) is 12.7 Å². The molecule has 0 aromatic heterocycles. The summed E-state index contributed by atoms with van der Waals surface area (Å²) in [5.74, 6) is 0.457. The first-order valence-electron chi connectivity index (χ1n) is 4.76. The fraction of sp³-hybridized carbons (Fsp3) is 0.700. The molecule has 0 aliphatic carbocycles. The zero-order valence-corrected chi connectivity index (χ0v) is 9.99. The van der Waals surface area contributed by atoms with Crippen LogP contribution in [0.4, 0.5) is 0 Å². The highest BCUT2D eigenvalue weighted by Gasteiger charge is 2.03. The van der Waals surface area contributed by atoms with Crippen molar-refractivity contribution in [3.63, 3.8) is 0 Å². The minimum atomic E-state index is 0.202. The molecule has 0 spiro atoms. The van der Waals surface area contributed by atoms with Crippen molar-refractivity contribution in [1.82, 2.24) is 10.6 Å². The van der Waals surface area contributed by atoms with Crippen LogP contribution >= 0.6 is 12.2 Å². The summed E-state index contributed by atoms with van der Waals surface area (Å²) in [4.78, 5) is 0. The predicted molar refractivity (Wildman–Crippen MR) is 64.4 cm³/mol. The summed E-state index contributed by atoms with van der Waals surface area (Å²) in [6.07, 6.45) is 1.81. The van der Waals surface area contributed by atoms with Crippen molar-refractivity contribution in [2.45, 2.75) is 19.9 Å². The Kier molecular flexibility index (Phi) is 7.42. The molecule has 0 aromatic carbocycles. The predicted octanol–water partition coefficient (Wildman–Crippen LogP) is 1.31. The van der Waals surface area contributed by atoms with Gasteiger partial charge in [0.15, 0.2) is 5.11 Å². The van der Waals surface area contributed by atoms with Crippen LogP contribution in [0, 0.1) is 5.92 Å². The molecule has 2 atom stereocenters. The number of hydrogen-bond acceptors (Lipinski definition) is 2. The molecule has 14 heavy (non-hydrogen) atoms. The van der Waals surface area contributed by atoms with Crippen molar-refractivity contribution in [3.05, 3.63) is 12.7 Å². The van der Waals surface area contributed by atoms with E-state index in [-0.39, 0.29) is 6.04 Å². The van der Waals surface area contributed by atoms with Crippen LogP contribution in [-0.4, -0.2) is 31.4 Å². The Bertz CT molecular complexity index is 185. The molecule has 0 amide bonds. The summed E-state index contributed by atoms with van der Waals surface area (Å²) in [5, 5.41) is 6.88. The van der Waals surface area contributed by atoms with Gasteiger partial charge in [0.05, 0.1) is 6.61 Å². The third-order valence-electron chi connectivity index (χ3n) is 1.77. The molecule has 2 unspecified atom stereocenters. The number of rotatable bonds is 6. The van der Waals surface area contributed by atoms with E-state index in [1.54, 1.807) is 7.11 Å². The molecule has 0 aromatic rings. The Hall–Kier alpha value is -0.610. The second-order valence-electron chi connectivity index (χ2n) is 3.44. The van der Waals surface area contributed by atoms with Crippen LogP contribution in [0.25, 0.3) is 0 Å². The quantitative estimate of drug-likeness (QED) is 0.518. The molecule has 0 heterocycles. The van der Waals surface area contributed by atoms with E-state index in [2.05, 4.69) is 24.1 Å². The Balaban J connectivity index is 3.57. The lowest BCUT2D eigenvalue weighted by atomic mass is 10.2. The molecule has 0 rings (SSSR count). The van der Waals surface area contributed by atoms with Crippen LogP contribution in [0.5, 0.6) is 0 Å². The monoisotopic (exact) mass is 216 g/mol. The molecule has 0 radical (unpaired) electrons. The summed E-state index contributed by atoms with van der Waals surface area (Å²) in [6.45, 7) is 9.34. The van der Waals surface area contributed by atoms with Gasteiger partial charge in [-0.3, -0.25) is 0 Å². The number of nitrogens with one attached hydrogen (secondary N) is 2. The lowest BCUT2D eigenvalue weighted by Crippen LogP contribution is -2.41. The van der Waals surface area contributed by atoms with Crippen molar-refractivity contribution in [1.29, 1.82) is 0 Å². The molecule has 82 valence electrons. The number of ether oxygens (including phenoxy) is 1. The topological polar surface area (TPSA) is 33.3 Å². The van der Waals surface area contributed by atoms with Crippen LogP contribution in [0.1, 0.15) is 13.8 Å². The van der Waals surface area contributed by atoms with Gasteiger partial charge in [-0.15, -0.1) is 6.58 Å². The van der Waals surface area contributed by atoms with Gasteiger partial charge in [0.2, 0.25) is 0 Å². The van der Waals surface area contributed by atoms with Gasteiger partial charge in [0.1, 0.15) is 0 Å². The van der Waals surface area contributed by atoms with Crippen molar-refractivity contribution < 1.29 is 4.74 Å². The molecule has 0 bridgehead atoms. The van der Waals surface area contributed by atoms with Crippen molar-refractivity contribution in [2.75, 3.05) is 20.3 Å².